The van der Waals surface area contributed by atoms with Gasteiger partial charge in [-0.05, 0) is 63.7 Å². The van der Waals surface area contributed by atoms with Gasteiger partial charge in [-0.3, -0.25) is 0 Å². The molecule has 0 aliphatic heterocycles. The van der Waals surface area contributed by atoms with E-state index in [0.29, 0.717) is 24.4 Å². The standard InChI is InChI=1S/C19H38N2O2/c1-13(2)16(12-21-18(22)23-19(5,6)7)11-20-17-9-8-14(3)15(4)10-17/h13-17,20H,8-12H2,1-7H3,(H,21,22). The highest BCUT2D eigenvalue weighted by atomic mass is 16.6. The third kappa shape index (κ3) is 8.05. The second-order valence-corrected chi connectivity index (χ2v) is 8.76. The minimum absolute atomic E-state index is 0.316. The second-order valence-electron chi connectivity index (χ2n) is 8.76. The molecule has 2 N–H and O–H groups in total. The minimum Gasteiger partial charge on any atom is -0.444 e. The summed E-state index contributed by atoms with van der Waals surface area (Å²) >= 11 is 0. The zero-order valence-corrected chi connectivity index (χ0v) is 16.2. The van der Waals surface area contributed by atoms with Crippen molar-refractivity contribution in [3.05, 3.63) is 0 Å². The molecule has 4 heteroatoms. The number of alkyl carbamates (subject to hydrolysis) is 1. The van der Waals surface area contributed by atoms with Crippen molar-refractivity contribution < 1.29 is 9.53 Å². The summed E-state index contributed by atoms with van der Waals surface area (Å²) in [6.07, 6.45) is 3.55. The first-order valence-electron chi connectivity index (χ1n) is 9.28. The van der Waals surface area contributed by atoms with Crippen molar-refractivity contribution in [1.29, 1.82) is 0 Å². The summed E-state index contributed by atoms with van der Waals surface area (Å²) in [7, 11) is 0. The largest absolute Gasteiger partial charge is 0.444 e. The van der Waals surface area contributed by atoms with Crippen molar-refractivity contribution in [2.24, 2.45) is 23.7 Å². The predicted molar refractivity (Wildman–Crippen MR) is 96.5 cm³/mol. The minimum atomic E-state index is -0.440. The van der Waals surface area contributed by atoms with E-state index in [1.807, 2.05) is 20.8 Å². The fraction of sp³-hybridized carbons (Fsp3) is 0.947. The molecule has 1 aliphatic carbocycles. The Morgan fingerprint density at radius 2 is 1.78 bits per heavy atom. The van der Waals surface area contributed by atoms with Crippen molar-refractivity contribution in [2.45, 2.75) is 79.4 Å². The van der Waals surface area contributed by atoms with E-state index in [0.717, 1.165) is 18.4 Å². The topological polar surface area (TPSA) is 50.4 Å². The van der Waals surface area contributed by atoms with Crippen molar-refractivity contribution in [1.82, 2.24) is 10.6 Å². The van der Waals surface area contributed by atoms with Crippen LogP contribution in [-0.4, -0.2) is 30.8 Å². The van der Waals surface area contributed by atoms with Gasteiger partial charge in [0.05, 0.1) is 0 Å². The number of carbonyl (C=O) groups excluding carboxylic acids is 1. The van der Waals surface area contributed by atoms with Crippen LogP contribution in [0, 0.1) is 23.7 Å². The molecule has 0 bridgehead atoms. The van der Waals surface area contributed by atoms with Gasteiger partial charge in [-0.25, -0.2) is 4.79 Å². The molecule has 4 nitrogen and oxygen atoms in total. The lowest BCUT2D eigenvalue weighted by molar-refractivity contribution is 0.0514. The highest BCUT2D eigenvalue weighted by Crippen LogP contribution is 2.29. The molecule has 1 amide bonds. The number of hydrogen-bond acceptors (Lipinski definition) is 3. The molecule has 23 heavy (non-hydrogen) atoms. The SMILES string of the molecule is CC(C)C(CNC(=O)OC(C)(C)C)CNC1CCC(C)C(C)C1. The number of rotatable bonds is 6. The monoisotopic (exact) mass is 326 g/mol. The summed E-state index contributed by atoms with van der Waals surface area (Å²) in [4.78, 5) is 11.8. The average Bonchev–Trinajstić information content (AvgIpc) is 2.40. The van der Waals surface area contributed by atoms with Gasteiger partial charge in [-0.15, -0.1) is 0 Å². The molecule has 1 rings (SSSR count). The van der Waals surface area contributed by atoms with Gasteiger partial charge in [-0.2, -0.15) is 0 Å². The lowest BCUT2D eigenvalue weighted by Gasteiger charge is -2.34. The highest BCUT2D eigenvalue weighted by Gasteiger charge is 2.25. The van der Waals surface area contributed by atoms with Crippen molar-refractivity contribution in [2.75, 3.05) is 13.1 Å². The van der Waals surface area contributed by atoms with Crippen LogP contribution >= 0.6 is 0 Å². The molecular formula is C19H38N2O2. The molecule has 1 saturated carbocycles. The fourth-order valence-corrected chi connectivity index (χ4v) is 3.12. The average molecular weight is 327 g/mol. The third-order valence-electron chi connectivity index (χ3n) is 5.12. The number of carbonyl (C=O) groups is 1. The van der Waals surface area contributed by atoms with E-state index < -0.39 is 5.60 Å². The molecule has 0 aromatic carbocycles. The Morgan fingerprint density at radius 3 is 2.30 bits per heavy atom. The Balaban J connectivity index is 2.36. The van der Waals surface area contributed by atoms with Crippen LogP contribution in [0.3, 0.4) is 0 Å². The summed E-state index contributed by atoms with van der Waals surface area (Å²) in [5, 5.41) is 6.66. The van der Waals surface area contributed by atoms with Gasteiger partial charge in [0, 0.05) is 19.1 Å². The van der Waals surface area contributed by atoms with E-state index in [1.54, 1.807) is 0 Å². The van der Waals surface area contributed by atoms with Crippen LogP contribution in [0.25, 0.3) is 0 Å². The lowest BCUT2D eigenvalue weighted by Crippen LogP contribution is -2.43. The van der Waals surface area contributed by atoms with E-state index in [2.05, 4.69) is 38.3 Å². The Hall–Kier alpha value is -0.770. The predicted octanol–water partition coefficient (Wildman–Crippen LogP) is 4.20. The van der Waals surface area contributed by atoms with Crippen molar-refractivity contribution in [3.63, 3.8) is 0 Å². The maximum atomic E-state index is 11.8. The van der Waals surface area contributed by atoms with Gasteiger partial charge in [0.1, 0.15) is 5.60 Å². The molecule has 1 aliphatic rings. The molecule has 0 aromatic rings. The van der Waals surface area contributed by atoms with Crippen LogP contribution in [0.15, 0.2) is 0 Å². The Labute approximate surface area is 143 Å². The normalized spacial score (nSPS) is 26.9. The molecular weight excluding hydrogens is 288 g/mol. The lowest BCUT2D eigenvalue weighted by atomic mass is 9.79. The highest BCUT2D eigenvalue weighted by molar-refractivity contribution is 5.67. The Kier molecular flexibility index (Phi) is 7.85. The molecule has 1 fully saturated rings. The molecule has 0 radical (unpaired) electrons. The number of amides is 1. The second kappa shape index (κ2) is 8.91. The summed E-state index contributed by atoms with van der Waals surface area (Å²) in [6.45, 7) is 16.4. The van der Waals surface area contributed by atoms with Gasteiger partial charge >= 0.3 is 6.09 Å². The first kappa shape index (κ1) is 20.3. The molecule has 136 valence electrons. The summed E-state index contributed by atoms with van der Waals surface area (Å²) < 4.78 is 5.32. The number of ether oxygens (including phenoxy) is 1. The summed E-state index contributed by atoms with van der Waals surface area (Å²) in [6, 6.07) is 0.629. The fourth-order valence-electron chi connectivity index (χ4n) is 3.12. The van der Waals surface area contributed by atoms with Crippen LogP contribution in [0.1, 0.15) is 67.7 Å². The molecule has 0 heterocycles. The Morgan fingerprint density at radius 1 is 1.13 bits per heavy atom. The first-order chi connectivity index (χ1) is 10.6. The van der Waals surface area contributed by atoms with Gasteiger partial charge in [0.25, 0.3) is 0 Å². The van der Waals surface area contributed by atoms with E-state index in [4.69, 9.17) is 4.74 Å². The molecule has 0 spiro atoms. The van der Waals surface area contributed by atoms with Crippen LogP contribution in [0.2, 0.25) is 0 Å². The summed E-state index contributed by atoms with van der Waals surface area (Å²) in [5.41, 5.74) is -0.440. The van der Waals surface area contributed by atoms with Crippen LogP contribution in [0.4, 0.5) is 4.79 Å². The van der Waals surface area contributed by atoms with E-state index >= 15 is 0 Å². The quantitative estimate of drug-likeness (QED) is 0.769. The maximum absolute atomic E-state index is 11.8. The zero-order chi connectivity index (χ0) is 17.6. The van der Waals surface area contributed by atoms with E-state index in [1.165, 1.54) is 19.3 Å². The first-order valence-corrected chi connectivity index (χ1v) is 9.28. The maximum Gasteiger partial charge on any atom is 0.407 e. The number of hydrogen-bond donors (Lipinski definition) is 2. The van der Waals surface area contributed by atoms with Gasteiger partial charge in [0.15, 0.2) is 0 Å². The van der Waals surface area contributed by atoms with Gasteiger partial charge in [-0.1, -0.05) is 27.7 Å². The summed E-state index contributed by atoms with van der Waals surface area (Å²) in [5.74, 6) is 2.61. The van der Waals surface area contributed by atoms with E-state index in [-0.39, 0.29) is 6.09 Å². The molecule has 0 saturated heterocycles. The van der Waals surface area contributed by atoms with Gasteiger partial charge < -0.3 is 15.4 Å². The number of nitrogens with one attached hydrogen (secondary N) is 2. The third-order valence-corrected chi connectivity index (χ3v) is 5.12. The molecule has 0 aromatic heterocycles. The molecule has 4 atom stereocenters. The molecule has 4 unspecified atom stereocenters. The van der Waals surface area contributed by atoms with Crippen molar-refractivity contribution in [3.8, 4) is 0 Å². The van der Waals surface area contributed by atoms with Gasteiger partial charge in [0.2, 0.25) is 0 Å². The van der Waals surface area contributed by atoms with Crippen LogP contribution < -0.4 is 10.6 Å². The van der Waals surface area contributed by atoms with Crippen LogP contribution in [-0.2, 0) is 4.74 Å². The zero-order valence-electron chi connectivity index (χ0n) is 16.2. The smallest absolute Gasteiger partial charge is 0.407 e. The Bertz CT molecular complexity index is 363. The van der Waals surface area contributed by atoms with E-state index in [9.17, 15) is 4.79 Å². The van der Waals surface area contributed by atoms with Crippen LogP contribution in [0.5, 0.6) is 0 Å². The van der Waals surface area contributed by atoms with Crippen molar-refractivity contribution >= 4 is 6.09 Å².